The van der Waals surface area contributed by atoms with Crippen LogP contribution >= 0.6 is 0 Å². The number of carbonyl (C=O) groups excluding carboxylic acids is 1. The van der Waals surface area contributed by atoms with E-state index in [1.807, 2.05) is 47.5 Å². The average Bonchev–Trinajstić information content (AvgIpc) is 2.78. The fourth-order valence-corrected chi connectivity index (χ4v) is 4.11. The van der Waals surface area contributed by atoms with Gasteiger partial charge in [-0.2, -0.15) is 0 Å². The highest BCUT2D eigenvalue weighted by atomic mass is 16.5. The van der Waals surface area contributed by atoms with Crippen molar-refractivity contribution in [1.82, 2.24) is 9.88 Å². The number of ether oxygens (including phenoxy) is 2. The number of nitrogens with zero attached hydrogens (tertiary/aromatic N) is 3. The van der Waals surface area contributed by atoms with Crippen LogP contribution in [0.5, 0.6) is 11.5 Å². The van der Waals surface area contributed by atoms with Crippen LogP contribution in [0.4, 0.5) is 5.69 Å². The highest BCUT2D eigenvalue weighted by molar-refractivity contribution is 5.96. The number of methoxy groups -OCH3 is 2. The summed E-state index contributed by atoms with van der Waals surface area (Å²) >= 11 is 0. The van der Waals surface area contributed by atoms with E-state index in [9.17, 15) is 4.79 Å². The molecule has 1 aliphatic rings. The van der Waals surface area contributed by atoms with Gasteiger partial charge in [0.05, 0.1) is 26.3 Å². The van der Waals surface area contributed by atoms with Gasteiger partial charge in [0.2, 0.25) is 5.91 Å². The molecule has 0 aliphatic carbocycles. The van der Waals surface area contributed by atoms with E-state index in [1.54, 1.807) is 14.2 Å². The Balaban J connectivity index is 1.48. The van der Waals surface area contributed by atoms with Crippen LogP contribution in [0.2, 0.25) is 0 Å². The minimum atomic E-state index is 0.154. The molecule has 1 aliphatic heterocycles. The van der Waals surface area contributed by atoms with Gasteiger partial charge in [-0.15, -0.1) is 0 Å². The Hall–Kier alpha value is -3.28. The Morgan fingerprint density at radius 3 is 2.53 bits per heavy atom. The molecule has 0 saturated carbocycles. The zero-order chi connectivity index (χ0) is 21.1. The van der Waals surface area contributed by atoms with Crippen molar-refractivity contribution in [3.8, 4) is 11.5 Å². The monoisotopic (exact) mass is 405 g/mol. The molecule has 1 fully saturated rings. The second-order valence-corrected chi connectivity index (χ2v) is 7.54. The fraction of sp³-hybridized carbons (Fsp3) is 0.333. The maximum Gasteiger partial charge on any atom is 0.227 e. The molecule has 156 valence electrons. The zero-order valence-electron chi connectivity index (χ0n) is 17.7. The van der Waals surface area contributed by atoms with Crippen molar-refractivity contribution in [2.24, 2.45) is 0 Å². The van der Waals surface area contributed by atoms with Crippen LogP contribution in [0.25, 0.3) is 10.9 Å². The molecule has 4 rings (SSSR count). The number of aryl methyl sites for hydroxylation is 1. The molecule has 30 heavy (non-hydrogen) atoms. The van der Waals surface area contributed by atoms with Crippen molar-refractivity contribution in [1.29, 1.82) is 0 Å². The molecule has 1 amide bonds. The van der Waals surface area contributed by atoms with Gasteiger partial charge in [-0.1, -0.05) is 24.3 Å². The van der Waals surface area contributed by atoms with E-state index in [0.29, 0.717) is 19.5 Å². The predicted molar refractivity (Wildman–Crippen MR) is 119 cm³/mol. The predicted octanol–water partition coefficient (Wildman–Crippen LogP) is 3.45. The van der Waals surface area contributed by atoms with Crippen LogP contribution in [0.1, 0.15) is 11.1 Å². The Morgan fingerprint density at radius 2 is 1.80 bits per heavy atom. The largest absolute Gasteiger partial charge is 0.497 e. The Bertz CT molecular complexity index is 1060. The first-order valence-corrected chi connectivity index (χ1v) is 10.2. The van der Waals surface area contributed by atoms with E-state index >= 15 is 0 Å². The van der Waals surface area contributed by atoms with Crippen molar-refractivity contribution in [3.05, 3.63) is 59.8 Å². The van der Waals surface area contributed by atoms with E-state index in [0.717, 1.165) is 46.6 Å². The van der Waals surface area contributed by atoms with Crippen molar-refractivity contribution < 1.29 is 14.3 Å². The van der Waals surface area contributed by atoms with Gasteiger partial charge in [-0.3, -0.25) is 9.78 Å². The molecule has 0 radical (unpaired) electrons. The lowest BCUT2D eigenvalue weighted by Crippen LogP contribution is -2.49. The molecule has 6 heteroatoms. The molecule has 1 aromatic heterocycles. The summed E-state index contributed by atoms with van der Waals surface area (Å²) < 4.78 is 10.8. The summed E-state index contributed by atoms with van der Waals surface area (Å²) in [6, 6.07) is 13.7. The SMILES string of the molecule is COc1cccc(CC(=O)N2CCN(c3c(C)cnc4c(OC)cccc34)CC2)c1. The Morgan fingerprint density at radius 1 is 1.03 bits per heavy atom. The summed E-state index contributed by atoms with van der Waals surface area (Å²) in [6.45, 7) is 5.08. The second kappa shape index (κ2) is 8.61. The highest BCUT2D eigenvalue weighted by Crippen LogP contribution is 2.34. The van der Waals surface area contributed by atoms with Gasteiger partial charge < -0.3 is 19.3 Å². The van der Waals surface area contributed by atoms with Crippen molar-refractivity contribution in [2.45, 2.75) is 13.3 Å². The molecule has 0 N–H and O–H groups in total. The molecule has 0 spiro atoms. The molecule has 0 bridgehead atoms. The second-order valence-electron chi connectivity index (χ2n) is 7.54. The number of hydrogen-bond donors (Lipinski definition) is 0. The lowest BCUT2D eigenvalue weighted by Gasteiger charge is -2.37. The van der Waals surface area contributed by atoms with Gasteiger partial charge in [0.15, 0.2) is 0 Å². The topological polar surface area (TPSA) is 54.9 Å². The molecule has 2 aromatic carbocycles. The number of aromatic nitrogens is 1. The van der Waals surface area contributed by atoms with Gasteiger partial charge in [0.25, 0.3) is 0 Å². The average molecular weight is 405 g/mol. The van der Waals surface area contributed by atoms with Crippen molar-refractivity contribution in [2.75, 3.05) is 45.3 Å². The summed E-state index contributed by atoms with van der Waals surface area (Å²) in [4.78, 5) is 21.7. The minimum absolute atomic E-state index is 0.154. The number of para-hydroxylation sites is 1. The number of anilines is 1. The minimum Gasteiger partial charge on any atom is -0.497 e. The van der Waals surface area contributed by atoms with Gasteiger partial charge in [0, 0.05) is 37.8 Å². The molecular weight excluding hydrogens is 378 g/mol. The number of amides is 1. The first kappa shape index (κ1) is 20.0. The number of rotatable bonds is 5. The summed E-state index contributed by atoms with van der Waals surface area (Å²) in [5.74, 6) is 1.71. The van der Waals surface area contributed by atoms with E-state index < -0.39 is 0 Å². The normalized spacial score (nSPS) is 14.1. The third kappa shape index (κ3) is 3.90. The van der Waals surface area contributed by atoms with Gasteiger partial charge >= 0.3 is 0 Å². The first-order chi connectivity index (χ1) is 14.6. The lowest BCUT2D eigenvalue weighted by atomic mass is 10.1. The maximum atomic E-state index is 12.8. The van der Waals surface area contributed by atoms with Gasteiger partial charge in [-0.05, 0) is 36.2 Å². The van der Waals surface area contributed by atoms with Crippen molar-refractivity contribution in [3.63, 3.8) is 0 Å². The molecular formula is C24H27N3O3. The smallest absolute Gasteiger partial charge is 0.227 e. The van der Waals surface area contributed by atoms with E-state index in [4.69, 9.17) is 9.47 Å². The maximum absolute atomic E-state index is 12.8. The number of pyridine rings is 1. The molecule has 6 nitrogen and oxygen atoms in total. The van der Waals surface area contributed by atoms with Crippen LogP contribution in [0.15, 0.2) is 48.7 Å². The summed E-state index contributed by atoms with van der Waals surface area (Å²) in [6.07, 6.45) is 2.30. The first-order valence-electron chi connectivity index (χ1n) is 10.2. The fourth-order valence-electron chi connectivity index (χ4n) is 4.11. The van der Waals surface area contributed by atoms with Crippen LogP contribution in [0.3, 0.4) is 0 Å². The number of fused-ring (bicyclic) bond motifs is 1. The molecule has 2 heterocycles. The molecule has 1 saturated heterocycles. The Labute approximate surface area is 177 Å². The van der Waals surface area contributed by atoms with Crippen LogP contribution in [0, 0.1) is 6.92 Å². The van der Waals surface area contributed by atoms with E-state index in [1.165, 1.54) is 5.69 Å². The number of carbonyl (C=O) groups is 1. The zero-order valence-corrected chi connectivity index (χ0v) is 17.7. The lowest BCUT2D eigenvalue weighted by molar-refractivity contribution is -0.130. The van der Waals surface area contributed by atoms with Crippen molar-refractivity contribution >= 4 is 22.5 Å². The number of piperazine rings is 1. The third-order valence-corrected chi connectivity index (χ3v) is 5.67. The summed E-state index contributed by atoms with van der Waals surface area (Å²) in [5, 5.41) is 1.09. The Kier molecular flexibility index (Phi) is 5.74. The van der Waals surface area contributed by atoms with E-state index in [2.05, 4.69) is 22.9 Å². The summed E-state index contributed by atoms with van der Waals surface area (Å²) in [5.41, 5.74) is 4.16. The molecule has 0 unspecified atom stereocenters. The highest BCUT2D eigenvalue weighted by Gasteiger charge is 2.24. The van der Waals surface area contributed by atoms with Gasteiger partial charge in [0.1, 0.15) is 17.0 Å². The van der Waals surface area contributed by atoms with Crippen LogP contribution in [-0.2, 0) is 11.2 Å². The third-order valence-electron chi connectivity index (χ3n) is 5.67. The quantitative estimate of drug-likeness (QED) is 0.651. The van der Waals surface area contributed by atoms with Crippen LogP contribution in [-0.4, -0.2) is 56.2 Å². The van der Waals surface area contributed by atoms with Crippen LogP contribution < -0.4 is 14.4 Å². The molecule has 0 atom stereocenters. The van der Waals surface area contributed by atoms with Gasteiger partial charge in [-0.25, -0.2) is 0 Å². The summed E-state index contributed by atoms with van der Waals surface area (Å²) in [7, 11) is 3.31. The number of benzene rings is 2. The van der Waals surface area contributed by atoms with E-state index in [-0.39, 0.29) is 5.91 Å². The standard InChI is InChI=1S/C24H27N3O3/c1-17-16-25-23-20(8-5-9-21(23)30-3)24(17)27-12-10-26(11-13-27)22(28)15-18-6-4-7-19(14-18)29-2/h4-9,14,16H,10-13,15H2,1-3H3. The molecule has 3 aromatic rings. The number of hydrogen-bond acceptors (Lipinski definition) is 5.